The minimum absolute atomic E-state index is 0.291. The molecule has 2 amide bonds. The van der Waals surface area contributed by atoms with Crippen LogP contribution in [0.3, 0.4) is 0 Å². The number of nitrogen functional groups attached to an aromatic ring is 1. The number of urea groups is 1. The lowest BCUT2D eigenvalue weighted by Crippen LogP contribution is -2.30. The van der Waals surface area contributed by atoms with Crippen LogP contribution in [0.25, 0.3) is 0 Å². The van der Waals surface area contributed by atoms with E-state index in [2.05, 4.69) is 10.6 Å². The Morgan fingerprint density at radius 3 is 2.67 bits per heavy atom. The Labute approximate surface area is 123 Å². The number of anilines is 2. The highest BCUT2D eigenvalue weighted by Crippen LogP contribution is 2.09. The van der Waals surface area contributed by atoms with Gasteiger partial charge in [0.1, 0.15) is 0 Å². The van der Waals surface area contributed by atoms with E-state index < -0.39 is 0 Å². The summed E-state index contributed by atoms with van der Waals surface area (Å²) in [4.78, 5) is 11.7. The van der Waals surface area contributed by atoms with Gasteiger partial charge in [-0.1, -0.05) is 18.2 Å². The molecule has 0 bridgehead atoms. The molecule has 0 aromatic heterocycles. The molecule has 2 aromatic carbocycles. The van der Waals surface area contributed by atoms with Crippen molar-refractivity contribution in [3.63, 3.8) is 0 Å². The van der Waals surface area contributed by atoms with Crippen molar-refractivity contribution in [2.75, 3.05) is 17.6 Å². The van der Waals surface area contributed by atoms with Crippen LogP contribution in [0.2, 0.25) is 0 Å². The Hall–Kier alpha value is -3.00. The van der Waals surface area contributed by atoms with Crippen LogP contribution in [0.5, 0.6) is 0 Å². The van der Waals surface area contributed by atoms with Gasteiger partial charge in [0.15, 0.2) is 0 Å². The van der Waals surface area contributed by atoms with Gasteiger partial charge in [-0.3, -0.25) is 0 Å². The summed E-state index contributed by atoms with van der Waals surface area (Å²) < 4.78 is 0. The van der Waals surface area contributed by atoms with Gasteiger partial charge in [-0.25, -0.2) is 4.79 Å². The minimum Gasteiger partial charge on any atom is -0.399 e. The van der Waals surface area contributed by atoms with Crippen molar-refractivity contribution in [2.45, 2.75) is 6.42 Å². The number of nitrogens with zero attached hydrogens (tertiary/aromatic N) is 1. The number of nitrogens with one attached hydrogen (secondary N) is 2. The van der Waals surface area contributed by atoms with Crippen LogP contribution in [0, 0.1) is 11.3 Å². The predicted molar refractivity (Wildman–Crippen MR) is 82.7 cm³/mol. The van der Waals surface area contributed by atoms with Crippen molar-refractivity contribution in [3.8, 4) is 6.07 Å². The number of rotatable bonds is 4. The molecule has 4 N–H and O–H groups in total. The van der Waals surface area contributed by atoms with Gasteiger partial charge in [0.2, 0.25) is 0 Å². The summed E-state index contributed by atoms with van der Waals surface area (Å²) in [5.74, 6) is 0. The van der Waals surface area contributed by atoms with E-state index in [0.29, 0.717) is 17.8 Å². The molecule has 2 aromatic rings. The molecule has 0 fully saturated rings. The number of benzene rings is 2. The fourth-order valence-electron chi connectivity index (χ4n) is 1.85. The van der Waals surface area contributed by atoms with Gasteiger partial charge in [-0.05, 0) is 42.3 Å². The SMILES string of the molecule is N#Cc1cccc(NC(=O)NCCc2ccc(N)cc2)c1. The zero-order valence-electron chi connectivity index (χ0n) is 11.5. The molecule has 0 aliphatic heterocycles. The largest absolute Gasteiger partial charge is 0.399 e. The average molecular weight is 280 g/mol. The van der Waals surface area contributed by atoms with Crippen LogP contribution in [-0.2, 0) is 6.42 Å². The molecular weight excluding hydrogens is 264 g/mol. The number of carbonyl (C=O) groups excluding carboxylic acids is 1. The Balaban J connectivity index is 1.79. The summed E-state index contributed by atoms with van der Waals surface area (Å²) in [6, 6.07) is 16.1. The number of carbonyl (C=O) groups is 1. The van der Waals surface area contributed by atoms with Crippen molar-refractivity contribution < 1.29 is 4.79 Å². The lowest BCUT2D eigenvalue weighted by atomic mass is 10.1. The van der Waals surface area contributed by atoms with E-state index in [9.17, 15) is 4.79 Å². The van der Waals surface area contributed by atoms with Gasteiger partial charge in [-0.2, -0.15) is 5.26 Å². The highest BCUT2D eigenvalue weighted by atomic mass is 16.2. The summed E-state index contributed by atoms with van der Waals surface area (Å²) in [7, 11) is 0. The lowest BCUT2D eigenvalue weighted by molar-refractivity contribution is 0.252. The van der Waals surface area contributed by atoms with E-state index in [1.165, 1.54) is 0 Å². The molecule has 0 unspecified atom stereocenters. The fraction of sp³-hybridized carbons (Fsp3) is 0.125. The molecule has 21 heavy (non-hydrogen) atoms. The molecule has 0 spiro atoms. The maximum Gasteiger partial charge on any atom is 0.319 e. The Kier molecular flexibility index (Phi) is 4.78. The van der Waals surface area contributed by atoms with Crippen molar-refractivity contribution in [2.24, 2.45) is 0 Å². The van der Waals surface area contributed by atoms with Crippen LogP contribution in [0.15, 0.2) is 48.5 Å². The minimum atomic E-state index is -0.291. The standard InChI is InChI=1S/C16H16N4O/c17-11-13-2-1-3-15(10-13)20-16(21)19-9-8-12-4-6-14(18)7-5-12/h1-7,10H,8-9,18H2,(H2,19,20,21). The van der Waals surface area contributed by atoms with E-state index in [1.807, 2.05) is 30.3 Å². The summed E-state index contributed by atoms with van der Waals surface area (Å²) in [6.45, 7) is 0.522. The zero-order valence-corrected chi connectivity index (χ0v) is 11.5. The molecule has 5 heteroatoms. The first-order chi connectivity index (χ1) is 10.2. The molecule has 0 saturated heterocycles. The summed E-state index contributed by atoms with van der Waals surface area (Å²) in [5, 5.41) is 14.3. The van der Waals surface area contributed by atoms with Crippen molar-refractivity contribution in [3.05, 3.63) is 59.7 Å². The van der Waals surface area contributed by atoms with Gasteiger partial charge >= 0.3 is 6.03 Å². The summed E-state index contributed by atoms with van der Waals surface area (Å²) in [6.07, 6.45) is 0.728. The molecule has 0 aliphatic carbocycles. The predicted octanol–water partition coefficient (Wildman–Crippen LogP) is 2.50. The van der Waals surface area contributed by atoms with E-state index in [0.717, 1.165) is 17.7 Å². The smallest absolute Gasteiger partial charge is 0.319 e. The maximum atomic E-state index is 11.7. The molecule has 0 saturated carbocycles. The average Bonchev–Trinajstić information content (AvgIpc) is 2.49. The Bertz CT molecular complexity index is 659. The van der Waals surface area contributed by atoms with Crippen molar-refractivity contribution in [1.82, 2.24) is 5.32 Å². The molecule has 0 radical (unpaired) electrons. The Morgan fingerprint density at radius 2 is 1.95 bits per heavy atom. The molecule has 0 atom stereocenters. The molecule has 106 valence electrons. The van der Waals surface area contributed by atoms with Crippen LogP contribution >= 0.6 is 0 Å². The van der Waals surface area contributed by atoms with Crippen LogP contribution in [-0.4, -0.2) is 12.6 Å². The molecule has 2 rings (SSSR count). The summed E-state index contributed by atoms with van der Waals surface area (Å²) >= 11 is 0. The monoisotopic (exact) mass is 280 g/mol. The van der Waals surface area contributed by atoms with Gasteiger partial charge in [0.05, 0.1) is 11.6 Å². The molecule has 5 nitrogen and oxygen atoms in total. The van der Waals surface area contributed by atoms with Gasteiger partial charge < -0.3 is 16.4 Å². The van der Waals surface area contributed by atoms with E-state index in [-0.39, 0.29) is 6.03 Å². The molecular formula is C16H16N4O. The van der Waals surface area contributed by atoms with Gasteiger partial charge in [-0.15, -0.1) is 0 Å². The third kappa shape index (κ3) is 4.55. The number of nitrogens with two attached hydrogens (primary N) is 1. The fourth-order valence-corrected chi connectivity index (χ4v) is 1.85. The van der Waals surface area contributed by atoms with Crippen LogP contribution in [0.1, 0.15) is 11.1 Å². The normalized spacial score (nSPS) is 9.67. The van der Waals surface area contributed by atoms with Crippen LogP contribution in [0.4, 0.5) is 16.2 Å². The first-order valence-corrected chi connectivity index (χ1v) is 6.57. The van der Waals surface area contributed by atoms with Crippen LogP contribution < -0.4 is 16.4 Å². The second kappa shape index (κ2) is 6.96. The third-order valence-electron chi connectivity index (χ3n) is 2.93. The number of nitriles is 1. The number of hydrogen-bond donors (Lipinski definition) is 3. The second-order valence-electron chi connectivity index (χ2n) is 4.57. The third-order valence-corrected chi connectivity index (χ3v) is 2.93. The molecule has 0 aliphatic rings. The topological polar surface area (TPSA) is 90.9 Å². The second-order valence-corrected chi connectivity index (χ2v) is 4.57. The summed E-state index contributed by atoms with van der Waals surface area (Å²) in [5.41, 5.74) is 8.55. The number of amides is 2. The molecule has 0 heterocycles. The first-order valence-electron chi connectivity index (χ1n) is 6.57. The van der Waals surface area contributed by atoms with Crippen molar-refractivity contribution >= 4 is 17.4 Å². The first kappa shape index (κ1) is 14.4. The zero-order chi connectivity index (χ0) is 15.1. The Morgan fingerprint density at radius 1 is 1.19 bits per heavy atom. The van der Waals surface area contributed by atoms with E-state index in [4.69, 9.17) is 11.0 Å². The maximum absolute atomic E-state index is 11.7. The lowest BCUT2D eigenvalue weighted by Gasteiger charge is -2.08. The van der Waals surface area contributed by atoms with Gasteiger partial charge in [0, 0.05) is 17.9 Å². The highest BCUT2D eigenvalue weighted by molar-refractivity contribution is 5.89. The van der Waals surface area contributed by atoms with Crippen molar-refractivity contribution in [1.29, 1.82) is 5.26 Å². The van der Waals surface area contributed by atoms with E-state index in [1.54, 1.807) is 24.3 Å². The quantitative estimate of drug-likeness (QED) is 0.751. The highest BCUT2D eigenvalue weighted by Gasteiger charge is 2.02. The van der Waals surface area contributed by atoms with Gasteiger partial charge in [0.25, 0.3) is 0 Å². The number of hydrogen-bond acceptors (Lipinski definition) is 3. The van der Waals surface area contributed by atoms with E-state index >= 15 is 0 Å².